The summed E-state index contributed by atoms with van der Waals surface area (Å²) in [5, 5.41) is 18.6. The third-order valence-electron chi connectivity index (χ3n) is 10.5. The molecule has 0 saturated heterocycles. The van der Waals surface area contributed by atoms with Crippen molar-refractivity contribution in [1.29, 1.82) is 10.5 Å². The normalized spacial score (nSPS) is 15.1. The Bertz CT molecular complexity index is 2820. The first-order valence-electron chi connectivity index (χ1n) is 18.0. The maximum Gasteiger partial charge on any atom is 0.252 e. The molecule has 0 radical (unpaired) electrons. The molecule has 2 saturated carbocycles. The molecule has 10 rings (SSSR count). The molecule has 2 aliphatic rings. The summed E-state index contributed by atoms with van der Waals surface area (Å²) in [5.41, 5.74) is 8.44. The second-order valence-electron chi connectivity index (χ2n) is 14.0. The van der Waals surface area contributed by atoms with Crippen LogP contribution in [0.15, 0.2) is 110 Å². The number of rotatable bonds is 6. The zero-order chi connectivity index (χ0) is 38.6. The van der Waals surface area contributed by atoms with Gasteiger partial charge in [0, 0.05) is 59.6 Å². The Kier molecular flexibility index (Phi) is 8.46. The highest BCUT2D eigenvalue weighted by atomic mass is 19.3. The average molecular weight is 751 g/mol. The molecule has 10 nitrogen and oxygen atoms in total. The molecule has 6 aromatic heterocycles. The number of pyridine rings is 2. The summed E-state index contributed by atoms with van der Waals surface area (Å²) in [7, 11) is 0. The molecule has 8 aromatic rings. The predicted octanol–water partition coefficient (Wildman–Crippen LogP) is 9.45. The third kappa shape index (κ3) is 6.15. The Balaban J connectivity index is 0.000000147. The monoisotopic (exact) mass is 750 g/mol. The van der Waals surface area contributed by atoms with E-state index in [0.29, 0.717) is 45.6 Å². The summed E-state index contributed by atoms with van der Waals surface area (Å²) in [6, 6.07) is 24.1. The number of alkyl halides is 2. The molecule has 0 N–H and O–H groups in total. The fourth-order valence-corrected chi connectivity index (χ4v) is 7.38. The zero-order valence-electron chi connectivity index (χ0n) is 29.6. The lowest BCUT2D eigenvalue weighted by Crippen LogP contribution is -2.37. The van der Waals surface area contributed by atoms with Crippen LogP contribution in [0.2, 0.25) is 0 Å². The predicted molar refractivity (Wildman–Crippen MR) is 199 cm³/mol. The maximum atomic E-state index is 13.5. The first-order valence-corrected chi connectivity index (χ1v) is 18.0. The Labute approximate surface area is 317 Å². The third-order valence-corrected chi connectivity index (χ3v) is 10.5. The molecule has 2 aliphatic carbocycles. The van der Waals surface area contributed by atoms with Crippen LogP contribution in [-0.4, -0.2) is 43.8 Å². The molecule has 2 aromatic carbocycles. The minimum atomic E-state index is -2.68. The fourth-order valence-electron chi connectivity index (χ4n) is 7.38. The maximum absolute atomic E-state index is 13.5. The standard InChI is InChI=1S/C21H14F3N5.C21H16FN5/c22-15-4-1-13(2-5-15)19-20(29(12-27-19)16-7-21(23,24)8-16)14-3-6-18-26-10-17(9-25)28(18)11-14;22-16-7-4-14(5-8-16)20-21(27(13-25-20)17-2-1-3-17)15-6-9-19-24-11-18(10-23)26(19)12-15/h1-6,10-12,16H,7-8H2;4-9,11-13,17H,1-3H2. The average Bonchev–Trinajstić information content (AvgIpc) is 3.98. The van der Waals surface area contributed by atoms with E-state index in [4.69, 9.17) is 0 Å². The molecule has 2 fully saturated rings. The molecule has 6 heterocycles. The van der Waals surface area contributed by atoms with Crippen molar-refractivity contribution < 1.29 is 17.6 Å². The first kappa shape index (κ1) is 34.7. The lowest BCUT2D eigenvalue weighted by atomic mass is 9.87. The van der Waals surface area contributed by atoms with Crippen LogP contribution in [0, 0.1) is 34.3 Å². The van der Waals surface area contributed by atoms with Crippen molar-refractivity contribution in [2.24, 2.45) is 0 Å². The number of hydrogen-bond acceptors (Lipinski definition) is 6. The summed E-state index contributed by atoms with van der Waals surface area (Å²) in [6.07, 6.45) is 13.1. The summed E-state index contributed by atoms with van der Waals surface area (Å²) in [4.78, 5) is 17.6. The van der Waals surface area contributed by atoms with E-state index in [-0.39, 0.29) is 30.5 Å². The van der Waals surface area contributed by atoms with E-state index < -0.39 is 5.92 Å². The topological polar surface area (TPSA) is 118 Å². The SMILES string of the molecule is N#Cc1cnc2ccc(-c3c(-c4ccc(F)cc4)ncn3C3CC(F)(F)C3)cn12.N#Cc1cnc2ccc(-c3c(-c4ccc(F)cc4)ncn3C3CCC3)cn12. The lowest BCUT2D eigenvalue weighted by molar-refractivity contribution is -0.103. The van der Waals surface area contributed by atoms with Gasteiger partial charge in [-0.1, -0.05) is 0 Å². The van der Waals surface area contributed by atoms with Gasteiger partial charge in [-0.05, 0) is 92.1 Å². The molecule has 56 heavy (non-hydrogen) atoms. The highest BCUT2D eigenvalue weighted by molar-refractivity contribution is 5.80. The molecule has 0 bridgehead atoms. The summed E-state index contributed by atoms with van der Waals surface area (Å²) < 4.78 is 61.2. The van der Waals surface area contributed by atoms with Gasteiger partial charge in [-0.15, -0.1) is 0 Å². The quantitative estimate of drug-likeness (QED) is 0.156. The number of fused-ring (bicyclic) bond motifs is 2. The number of hydrogen-bond donors (Lipinski definition) is 0. The van der Waals surface area contributed by atoms with E-state index in [0.717, 1.165) is 41.0 Å². The Morgan fingerprint density at radius 1 is 0.571 bits per heavy atom. The number of benzene rings is 2. The van der Waals surface area contributed by atoms with Gasteiger partial charge in [-0.2, -0.15) is 10.5 Å². The number of nitriles is 2. The molecule has 0 aliphatic heterocycles. The van der Waals surface area contributed by atoms with Crippen LogP contribution in [0.3, 0.4) is 0 Å². The zero-order valence-corrected chi connectivity index (χ0v) is 29.6. The Morgan fingerprint density at radius 3 is 1.39 bits per heavy atom. The fraction of sp³-hybridized carbons (Fsp3) is 0.190. The molecular weight excluding hydrogens is 721 g/mol. The van der Waals surface area contributed by atoms with E-state index in [1.54, 1.807) is 62.4 Å². The lowest BCUT2D eigenvalue weighted by Gasteiger charge is -2.36. The smallest absolute Gasteiger partial charge is 0.252 e. The molecule has 0 unspecified atom stereocenters. The Hall–Kier alpha value is -7.06. The molecule has 276 valence electrons. The van der Waals surface area contributed by atoms with E-state index in [1.165, 1.54) is 36.9 Å². The van der Waals surface area contributed by atoms with Gasteiger partial charge >= 0.3 is 0 Å². The van der Waals surface area contributed by atoms with E-state index >= 15 is 0 Å². The van der Waals surface area contributed by atoms with Crippen molar-refractivity contribution in [2.45, 2.75) is 50.1 Å². The van der Waals surface area contributed by atoms with Crippen molar-refractivity contribution in [1.82, 2.24) is 37.9 Å². The minimum Gasteiger partial charge on any atom is -0.327 e. The first-order chi connectivity index (χ1) is 27.2. The second-order valence-corrected chi connectivity index (χ2v) is 14.0. The molecule has 0 atom stereocenters. The van der Waals surface area contributed by atoms with Crippen molar-refractivity contribution in [2.75, 3.05) is 0 Å². The minimum absolute atomic E-state index is 0.254. The van der Waals surface area contributed by atoms with E-state index in [9.17, 15) is 28.1 Å². The van der Waals surface area contributed by atoms with Gasteiger partial charge in [0.15, 0.2) is 0 Å². The highest BCUT2D eigenvalue weighted by Gasteiger charge is 2.47. The summed E-state index contributed by atoms with van der Waals surface area (Å²) in [5.74, 6) is -3.31. The largest absolute Gasteiger partial charge is 0.327 e. The number of imidazole rings is 4. The molecule has 0 amide bonds. The molecule has 14 heteroatoms. The summed E-state index contributed by atoms with van der Waals surface area (Å²) in [6.45, 7) is 0. The van der Waals surface area contributed by atoms with Gasteiger partial charge in [-0.3, -0.25) is 8.80 Å². The molecule has 0 spiro atoms. The van der Waals surface area contributed by atoms with Gasteiger partial charge in [0.25, 0.3) is 5.92 Å². The van der Waals surface area contributed by atoms with Crippen LogP contribution in [-0.2, 0) is 0 Å². The number of aromatic nitrogens is 8. The van der Waals surface area contributed by atoms with Crippen LogP contribution in [0.4, 0.5) is 17.6 Å². The van der Waals surface area contributed by atoms with Crippen molar-refractivity contribution in [3.8, 4) is 57.2 Å². The number of halogens is 4. The Morgan fingerprint density at radius 2 is 1.00 bits per heavy atom. The van der Waals surface area contributed by atoms with E-state index in [2.05, 4.69) is 36.6 Å². The highest BCUT2D eigenvalue weighted by Crippen LogP contribution is 2.48. The van der Waals surface area contributed by atoms with Gasteiger partial charge < -0.3 is 9.13 Å². The van der Waals surface area contributed by atoms with E-state index in [1.807, 2.05) is 30.7 Å². The van der Waals surface area contributed by atoms with Gasteiger partial charge in [0.1, 0.15) is 46.5 Å². The summed E-state index contributed by atoms with van der Waals surface area (Å²) >= 11 is 0. The van der Waals surface area contributed by atoms with Crippen LogP contribution < -0.4 is 0 Å². The van der Waals surface area contributed by atoms with Gasteiger partial charge in [-0.25, -0.2) is 37.5 Å². The van der Waals surface area contributed by atoms with Gasteiger partial charge in [0.05, 0.1) is 47.8 Å². The van der Waals surface area contributed by atoms with Crippen LogP contribution in [0.5, 0.6) is 0 Å². The van der Waals surface area contributed by atoms with Crippen LogP contribution >= 0.6 is 0 Å². The van der Waals surface area contributed by atoms with Gasteiger partial charge in [0.2, 0.25) is 0 Å². The molecular formula is C42H30F4N10. The van der Waals surface area contributed by atoms with Crippen LogP contribution in [0.1, 0.15) is 55.6 Å². The second kappa shape index (κ2) is 13.7. The number of nitrogens with zero attached hydrogens (tertiary/aromatic N) is 10. The van der Waals surface area contributed by atoms with Crippen molar-refractivity contribution >= 4 is 11.3 Å². The van der Waals surface area contributed by atoms with Crippen LogP contribution in [0.25, 0.3) is 56.3 Å². The van der Waals surface area contributed by atoms with Crippen molar-refractivity contribution in [3.63, 3.8) is 0 Å². The van der Waals surface area contributed by atoms with Crippen molar-refractivity contribution in [3.05, 3.63) is 133 Å².